The number of para-hydroxylation sites is 1. The number of nitrogens with zero attached hydrogens (tertiary/aromatic N) is 4. The van der Waals surface area contributed by atoms with Crippen LogP contribution < -0.4 is 0 Å². The van der Waals surface area contributed by atoms with Crippen molar-refractivity contribution in [1.82, 2.24) is 19.7 Å². The van der Waals surface area contributed by atoms with Crippen molar-refractivity contribution in [1.29, 1.82) is 0 Å². The van der Waals surface area contributed by atoms with Crippen molar-refractivity contribution in [2.24, 2.45) is 0 Å². The second kappa shape index (κ2) is 6.53. The zero-order valence-corrected chi connectivity index (χ0v) is 16.0. The van der Waals surface area contributed by atoms with Crippen LogP contribution in [0.5, 0.6) is 0 Å². The topological polar surface area (TPSA) is 51.0 Å². The third-order valence-corrected chi connectivity index (χ3v) is 6.28. The highest BCUT2D eigenvalue weighted by atomic mass is 32.1. The number of aryl methyl sites for hydroxylation is 1. The summed E-state index contributed by atoms with van der Waals surface area (Å²) >= 11 is 1.52. The molecular weight excluding hydrogens is 375 g/mol. The predicted octanol–water partition coefficient (Wildman–Crippen LogP) is 4.38. The van der Waals surface area contributed by atoms with E-state index < -0.39 is 0 Å². The lowest BCUT2D eigenvalue weighted by Crippen LogP contribution is -2.29. The van der Waals surface area contributed by atoms with Crippen LogP contribution in [-0.2, 0) is 6.42 Å². The maximum atomic E-state index is 13.7. The molecule has 0 saturated heterocycles. The molecule has 1 amide bonds. The Morgan fingerprint density at radius 1 is 1.29 bits per heavy atom. The van der Waals surface area contributed by atoms with Gasteiger partial charge in [0.05, 0.1) is 28.0 Å². The van der Waals surface area contributed by atoms with Gasteiger partial charge in [-0.25, -0.2) is 14.1 Å². The summed E-state index contributed by atoms with van der Waals surface area (Å²) < 4.78 is 16.4. The van der Waals surface area contributed by atoms with Gasteiger partial charge in [-0.15, -0.1) is 0 Å². The molecule has 0 fully saturated rings. The van der Waals surface area contributed by atoms with Crippen molar-refractivity contribution in [2.45, 2.75) is 18.9 Å². The summed E-state index contributed by atoms with van der Waals surface area (Å²) in [6, 6.07) is 12.6. The molecule has 0 spiro atoms. The van der Waals surface area contributed by atoms with Crippen molar-refractivity contribution in [3.8, 4) is 5.13 Å². The average Bonchev–Trinajstić information content (AvgIpc) is 3.43. The summed E-state index contributed by atoms with van der Waals surface area (Å²) in [4.78, 5) is 19.3. The van der Waals surface area contributed by atoms with Crippen molar-refractivity contribution >= 4 is 27.5 Å². The van der Waals surface area contributed by atoms with E-state index in [0.29, 0.717) is 5.56 Å². The molecule has 0 bridgehead atoms. The Morgan fingerprint density at radius 3 is 3.00 bits per heavy atom. The number of hydrogen-bond acceptors (Lipinski definition) is 4. The summed E-state index contributed by atoms with van der Waals surface area (Å²) in [5.41, 5.74) is 3.41. The first-order chi connectivity index (χ1) is 13.6. The lowest BCUT2D eigenvalue weighted by molar-refractivity contribution is 0.0730. The van der Waals surface area contributed by atoms with E-state index in [0.717, 1.165) is 39.3 Å². The number of carbonyl (C=O) groups excluding carboxylic acids is 1. The van der Waals surface area contributed by atoms with Gasteiger partial charge in [-0.05, 0) is 48.2 Å². The number of fused-ring (bicyclic) bond motifs is 2. The normalized spacial score (nSPS) is 15.7. The predicted molar refractivity (Wildman–Crippen MR) is 106 cm³/mol. The van der Waals surface area contributed by atoms with Gasteiger partial charge in [-0.2, -0.15) is 5.10 Å². The van der Waals surface area contributed by atoms with Crippen LogP contribution >= 0.6 is 11.3 Å². The molecule has 2 aromatic carbocycles. The summed E-state index contributed by atoms with van der Waals surface area (Å²) in [7, 11) is 1.77. The molecule has 1 aliphatic carbocycles. The minimum absolute atomic E-state index is 0.121. The molecule has 0 radical (unpaired) electrons. The fraction of sp³-hybridized carbons (Fsp3) is 0.190. The number of benzene rings is 2. The van der Waals surface area contributed by atoms with E-state index >= 15 is 0 Å². The summed E-state index contributed by atoms with van der Waals surface area (Å²) in [6.45, 7) is 0. The van der Waals surface area contributed by atoms with E-state index in [-0.39, 0.29) is 17.8 Å². The van der Waals surface area contributed by atoms with Gasteiger partial charge >= 0.3 is 0 Å². The molecule has 28 heavy (non-hydrogen) atoms. The van der Waals surface area contributed by atoms with Crippen LogP contribution in [-0.4, -0.2) is 32.6 Å². The number of thiazole rings is 1. The molecule has 0 saturated carbocycles. The molecule has 0 unspecified atom stereocenters. The van der Waals surface area contributed by atoms with Crippen LogP contribution in [0.4, 0.5) is 4.39 Å². The number of rotatable bonds is 3. The van der Waals surface area contributed by atoms with Crippen LogP contribution in [0.2, 0.25) is 0 Å². The fourth-order valence-corrected chi connectivity index (χ4v) is 4.69. The van der Waals surface area contributed by atoms with E-state index in [1.807, 2.05) is 30.3 Å². The number of halogens is 1. The summed E-state index contributed by atoms with van der Waals surface area (Å²) in [6.07, 6.45) is 4.92. The standard InChI is InChI=1S/C21H17FN4OS/c1-25(18-9-7-13-6-8-15(22)10-16(13)18)20(27)14-11-23-26(12-14)21-24-17-4-2-3-5-19(17)28-21/h2-6,8,10-12,18H,7,9H2,1H3/t18-/m0/s1. The number of hydrogen-bond donors (Lipinski definition) is 0. The molecule has 1 aliphatic rings. The molecule has 7 heteroatoms. The Hall–Kier alpha value is -3.06. The molecule has 0 N–H and O–H groups in total. The molecule has 0 aliphatic heterocycles. The van der Waals surface area contributed by atoms with Crippen molar-refractivity contribution in [3.63, 3.8) is 0 Å². The zero-order valence-electron chi connectivity index (χ0n) is 15.2. The highest BCUT2D eigenvalue weighted by molar-refractivity contribution is 7.20. The van der Waals surface area contributed by atoms with Gasteiger partial charge in [0.25, 0.3) is 5.91 Å². The van der Waals surface area contributed by atoms with Crippen LogP contribution in [0.1, 0.15) is 33.9 Å². The second-order valence-corrected chi connectivity index (χ2v) is 7.96. The van der Waals surface area contributed by atoms with Crippen molar-refractivity contribution in [3.05, 3.63) is 77.4 Å². The number of amides is 1. The third kappa shape index (κ3) is 2.79. The Bertz CT molecular complexity index is 1170. The van der Waals surface area contributed by atoms with Gasteiger partial charge in [-0.3, -0.25) is 4.79 Å². The van der Waals surface area contributed by atoms with Crippen molar-refractivity contribution < 1.29 is 9.18 Å². The first kappa shape index (κ1) is 17.1. The van der Waals surface area contributed by atoms with Crippen LogP contribution in [0.25, 0.3) is 15.3 Å². The minimum atomic E-state index is -0.268. The Labute approximate surface area is 165 Å². The van der Waals surface area contributed by atoms with Crippen LogP contribution in [0.15, 0.2) is 54.9 Å². The van der Waals surface area contributed by atoms with Gasteiger partial charge in [0, 0.05) is 13.2 Å². The van der Waals surface area contributed by atoms with Gasteiger partial charge in [0.15, 0.2) is 0 Å². The largest absolute Gasteiger partial charge is 0.335 e. The van der Waals surface area contributed by atoms with E-state index in [4.69, 9.17) is 0 Å². The van der Waals surface area contributed by atoms with Crippen molar-refractivity contribution in [2.75, 3.05) is 7.05 Å². The lowest BCUT2D eigenvalue weighted by atomic mass is 10.1. The summed E-state index contributed by atoms with van der Waals surface area (Å²) in [5, 5.41) is 5.05. The SMILES string of the molecule is CN(C(=O)c1cnn(-c2nc3ccccc3s2)c1)[C@H]1CCc2ccc(F)cc21. The molecule has 5 nitrogen and oxygen atoms in total. The molecule has 4 aromatic rings. The molecule has 140 valence electrons. The maximum absolute atomic E-state index is 13.7. The monoisotopic (exact) mass is 392 g/mol. The van der Waals surface area contributed by atoms with Gasteiger partial charge in [0.1, 0.15) is 5.82 Å². The highest BCUT2D eigenvalue weighted by Gasteiger charge is 2.30. The number of aromatic nitrogens is 3. The average molecular weight is 392 g/mol. The van der Waals surface area contributed by atoms with E-state index in [1.54, 1.807) is 35.1 Å². The van der Waals surface area contributed by atoms with Gasteiger partial charge in [0.2, 0.25) is 5.13 Å². The minimum Gasteiger partial charge on any atom is -0.335 e. The fourth-order valence-electron chi connectivity index (χ4n) is 3.79. The van der Waals surface area contributed by atoms with E-state index in [2.05, 4.69) is 10.1 Å². The summed E-state index contributed by atoms with van der Waals surface area (Å²) in [5.74, 6) is -0.398. The Morgan fingerprint density at radius 2 is 2.14 bits per heavy atom. The first-order valence-electron chi connectivity index (χ1n) is 9.06. The lowest BCUT2D eigenvalue weighted by Gasteiger charge is -2.25. The second-order valence-electron chi connectivity index (χ2n) is 6.95. The van der Waals surface area contributed by atoms with E-state index in [9.17, 15) is 9.18 Å². The third-order valence-electron chi connectivity index (χ3n) is 5.25. The van der Waals surface area contributed by atoms with Crippen LogP contribution in [0.3, 0.4) is 0 Å². The molecule has 2 aromatic heterocycles. The van der Waals surface area contributed by atoms with Gasteiger partial charge in [-0.1, -0.05) is 29.5 Å². The molecule has 2 heterocycles. The number of carbonyl (C=O) groups is 1. The van der Waals surface area contributed by atoms with Crippen LogP contribution in [0, 0.1) is 5.82 Å². The van der Waals surface area contributed by atoms with E-state index in [1.165, 1.54) is 17.4 Å². The molecule has 5 rings (SSSR count). The Kier molecular flexibility index (Phi) is 3.98. The highest BCUT2D eigenvalue weighted by Crippen LogP contribution is 2.36. The molecule has 1 atom stereocenters. The zero-order chi connectivity index (χ0) is 19.3. The first-order valence-corrected chi connectivity index (χ1v) is 9.88. The smallest absolute Gasteiger partial charge is 0.257 e. The maximum Gasteiger partial charge on any atom is 0.257 e. The quantitative estimate of drug-likeness (QED) is 0.520. The molecular formula is C21H17FN4OS. The van der Waals surface area contributed by atoms with Gasteiger partial charge < -0.3 is 4.90 Å². The Balaban J connectivity index is 1.41.